The first-order valence-electron chi connectivity index (χ1n) is 5.62. The minimum Gasteiger partial charge on any atom is -0.481 e. The molecule has 0 radical (unpaired) electrons. The van der Waals surface area contributed by atoms with E-state index < -0.39 is 16.8 Å². The standard InChI is InChI=1S/C12H16N2O4.ClH/c1-8(12(15)16)6-10(13)7-9-2-4-11(5-3-9)14(17)18;/h2-5,8,10H,6-7,13H2,1H3,(H,15,16);1H/t8-,10?;/m1./s1. The molecule has 0 aliphatic rings. The van der Waals surface area contributed by atoms with E-state index in [4.69, 9.17) is 10.8 Å². The largest absolute Gasteiger partial charge is 0.481 e. The van der Waals surface area contributed by atoms with Crippen LogP contribution in [0, 0.1) is 16.0 Å². The number of nitrogens with zero attached hydrogens (tertiary/aromatic N) is 1. The number of carbonyl (C=O) groups is 1. The van der Waals surface area contributed by atoms with Crippen LogP contribution in [-0.4, -0.2) is 22.0 Å². The van der Waals surface area contributed by atoms with Gasteiger partial charge in [0, 0.05) is 18.2 Å². The topological polar surface area (TPSA) is 106 Å². The second-order valence-electron chi connectivity index (χ2n) is 4.36. The van der Waals surface area contributed by atoms with Crippen LogP contribution in [0.3, 0.4) is 0 Å². The van der Waals surface area contributed by atoms with E-state index in [-0.39, 0.29) is 24.1 Å². The predicted octanol–water partition coefficient (Wildman–Crippen LogP) is 2.00. The molecule has 0 fully saturated rings. The number of halogens is 1. The van der Waals surface area contributed by atoms with Gasteiger partial charge in [-0.3, -0.25) is 14.9 Å². The van der Waals surface area contributed by atoms with Gasteiger partial charge in [0.05, 0.1) is 10.8 Å². The Kier molecular flexibility index (Phi) is 7.03. The zero-order chi connectivity index (χ0) is 13.7. The summed E-state index contributed by atoms with van der Waals surface area (Å²) in [5, 5.41) is 19.2. The number of carboxylic acid groups (broad SMARTS) is 1. The van der Waals surface area contributed by atoms with Crippen molar-refractivity contribution in [1.29, 1.82) is 0 Å². The number of non-ortho nitro benzene ring substituents is 1. The van der Waals surface area contributed by atoms with Crippen LogP contribution < -0.4 is 5.73 Å². The van der Waals surface area contributed by atoms with Crippen LogP contribution in [0.4, 0.5) is 5.69 Å². The molecule has 0 aliphatic carbocycles. The van der Waals surface area contributed by atoms with E-state index >= 15 is 0 Å². The van der Waals surface area contributed by atoms with Crippen molar-refractivity contribution in [3.05, 3.63) is 39.9 Å². The van der Waals surface area contributed by atoms with E-state index in [0.29, 0.717) is 12.8 Å². The van der Waals surface area contributed by atoms with Crippen molar-refractivity contribution in [2.45, 2.75) is 25.8 Å². The number of benzene rings is 1. The van der Waals surface area contributed by atoms with Gasteiger partial charge in [-0.25, -0.2) is 0 Å². The Morgan fingerprint density at radius 3 is 2.37 bits per heavy atom. The smallest absolute Gasteiger partial charge is 0.306 e. The molecule has 0 saturated carbocycles. The average Bonchev–Trinajstić information content (AvgIpc) is 2.29. The number of rotatable bonds is 6. The second-order valence-corrected chi connectivity index (χ2v) is 4.36. The molecule has 0 aliphatic heterocycles. The Labute approximate surface area is 117 Å². The number of hydrogen-bond donors (Lipinski definition) is 2. The summed E-state index contributed by atoms with van der Waals surface area (Å²) in [5.41, 5.74) is 6.74. The molecule has 6 nitrogen and oxygen atoms in total. The summed E-state index contributed by atoms with van der Waals surface area (Å²) in [7, 11) is 0. The molecule has 3 N–H and O–H groups in total. The number of nitrogens with two attached hydrogens (primary N) is 1. The molecule has 7 heteroatoms. The summed E-state index contributed by atoms with van der Waals surface area (Å²) in [6.45, 7) is 1.61. The van der Waals surface area contributed by atoms with Crippen LogP contribution in [0.2, 0.25) is 0 Å². The fraction of sp³-hybridized carbons (Fsp3) is 0.417. The molecular formula is C12H17ClN2O4. The average molecular weight is 289 g/mol. The molecule has 1 rings (SSSR count). The molecule has 0 heterocycles. The van der Waals surface area contributed by atoms with Gasteiger partial charge < -0.3 is 10.8 Å². The van der Waals surface area contributed by atoms with Gasteiger partial charge >= 0.3 is 5.97 Å². The van der Waals surface area contributed by atoms with Crippen LogP contribution in [0.1, 0.15) is 18.9 Å². The summed E-state index contributed by atoms with van der Waals surface area (Å²) >= 11 is 0. The zero-order valence-electron chi connectivity index (χ0n) is 10.5. The highest BCUT2D eigenvalue weighted by Crippen LogP contribution is 2.15. The fourth-order valence-corrected chi connectivity index (χ4v) is 1.69. The van der Waals surface area contributed by atoms with Crippen LogP contribution >= 0.6 is 12.4 Å². The minimum atomic E-state index is -0.867. The van der Waals surface area contributed by atoms with Crippen molar-refractivity contribution in [2.75, 3.05) is 0 Å². The van der Waals surface area contributed by atoms with Gasteiger partial charge in [0.1, 0.15) is 0 Å². The highest BCUT2D eigenvalue weighted by Gasteiger charge is 2.16. The van der Waals surface area contributed by atoms with Crippen LogP contribution in [-0.2, 0) is 11.2 Å². The molecule has 1 aromatic rings. The molecule has 1 aromatic carbocycles. The summed E-state index contributed by atoms with van der Waals surface area (Å²) < 4.78 is 0. The quantitative estimate of drug-likeness (QED) is 0.615. The molecule has 2 atom stereocenters. The van der Waals surface area contributed by atoms with E-state index in [9.17, 15) is 14.9 Å². The number of nitro groups is 1. The Balaban J connectivity index is 0.00000324. The van der Waals surface area contributed by atoms with Crippen molar-refractivity contribution < 1.29 is 14.8 Å². The molecule has 0 saturated heterocycles. The molecule has 0 aromatic heterocycles. The van der Waals surface area contributed by atoms with E-state index in [0.717, 1.165) is 5.56 Å². The molecule has 0 amide bonds. The predicted molar refractivity (Wildman–Crippen MR) is 73.4 cm³/mol. The van der Waals surface area contributed by atoms with Gasteiger partial charge in [-0.05, 0) is 18.4 Å². The van der Waals surface area contributed by atoms with E-state index in [1.165, 1.54) is 12.1 Å². The normalized spacial score (nSPS) is 13.2. The summed E-state index contributed by atoms with van der Waals surface area (Å²) in [6.07, 6.45) is 0.891. The maximum absolute atomic E-state index is 10.7. The van der Waals surface area contributed by atoms with E-state index in [2.05, 4.69) is 0 Å². The molecule has 19 heavy (non-hydrogen) atoms. The molecular weight excluding hydrogens is 272 g/mol. The van der Waals surface area contributed by atoms with Crippen molar-refractivity contribution in [2.24, 2.45) is 11.7 Å². The Morgan fingerprint density at radius 1 is 1.42 bits per heavy atom. The molecule has 1 unspecified atom stereocenters. The van der Waals surface area contributed by atoms with Crippen LogP contribution in [0.25, 0.3) is 0 Å². The highest BCUT2D eigenvalue weighted by atomic mass is 35.5. The van der Waals surface area contributed by atoms with E-state index in [1.807, 2.05) is 0 Å². The second kappa shape index (κ2) is 7.70. The van der Waals surface area contributed by atoms with Gasteiger partial charge in [-0.1, -0.05) is 19.1 Å². The lowest BCUT2D eigenvalue weighted by Gasteiger charge is -2.14. The first-order valence-corrected chi connectivity index (χ1v) is 5.62. The Morgan fingerprint density at radius 2 is 1.95 bits per heavy atom. The summed E-state index contributed by atoms with van der Waals surface area (Å²) in [4.78, 5) is 20.7. The summed E-state index contributed by atoms with van der Waals surface area (Å²) in [5.74, 6) is -1.35. The van der Waals surface area contributed by atoms with Gasteiger partial charge in [0.2, 0.25) is 0 Å². The van der Waals surface area contributed by atoms with Gasteiger partial charge in [0.25, 0.3) is 5.69 Å². The van der Waals surface area contributed by atoms with E-state index in [1.54, 1.807) is 19.1 Å². The lowest BCUT2D eigenvalue weighted by molar-refractivity contribution is -0.384. The van der Waals surface area contributed by atoms with Crippen molar-refractivity contribution in [3.8, 4) is 0 Å². The van der Waals surface area contributed by atoms with Crippen LogP contribution in [0.15, 0.2) is 24.3 Å². The zero-order valence-corrected chi connectivity index (χ0v) is 11.3. The maximum Gasteiger partial charge on any atom is 0.306 e. The SMILES string of the molecule is C[C@H](CC(N)Cc1ccc([N+](=O)[O-])cc1)C(=O)O.Cl. The first-order chi connectivity index (χ1) is 8.40. The lowest BCUT2D eigenvalue weighted by atomic mass is 9.97. The van der Waals surface area contributed by atoms with Gasteiger partial charge in [-0.2, -0.15) is 0 Å². The Hall–Kier alpha value is -1.66. The maximum atomic E-state index is 10.7. The molecule has 106 valence electrons. The lowest BCUT2D eigenvalue weighted by Crippen LogP contribution is -2.28. The summed E-state index contributed by atoms with van der Waals surface area (Å²) in [6, 6.07) is 5.86. The third-order valence-electron chi connectivity index (χ3n) is 2.72. The fourth-order valence-electron chi connectivity index (χ4n) is 1.69. The monoisotopic (exact) mass is 288 g/mol. The molecule has 0 bridgehead atoms. The van der Waals surface area contributed by atoms with Crippen molar-refractivity contribution in [3.63, 3.8) is 0 Å². The number of aliphatic carboxylic acids is 1. The first kappa shape index (κ1) is 17.3. The van der Waals surface area contributed by atoms with Gasteiger partial charge in [-0.15, -0.1) is 12.4 Å². The van der Waals surface area contributed by atoms with Gasteiger partial charge in [0.15, 0.2) is 0 Å². The Bertz CT molecular complexity index is 436. The number of hydrogen-bond acceptors (Lipinski definition) is 4. The highest BCUT2D eigenvalue weighted by molar-refractivity contribution is 5.85. The van der Waals surface area contributed by atoms with Crippen LogP contribution in [0.5, 0.6) is 0 Å². The van der Waals surface area contributed by atoms with Crippen molar-refractivity contribution >= 4 is 24.1 Å². The third kappa shape index (κ3) is 5.67. The van der Waals surface area contributed by atoms with Crippen molar-refractivity contribution in [1.82, 2.24) is 0 Å². The minimum absolute atomic E-state index is 0. The number of carboxylic acids is 1. The molecule has 0 spiro atoms. The number of nitro benzene ring substituents is 1. The third-order valence-corrected chi connectivity index (χ3v) is 2.72.